The summed E-state index contributed by atoms with van der Waals surface area (Å²) < 4.78 is 37.6. The zero-order valence-electron chi connectivity index (χ0n) is 18.5. The fraction of sp³-hybridized carbons (Fsp3) is 0.200. The molecule has 0 amide bonds. The van der Waals surface area contributed by atoms with Gasteiger partial charge in [-0.3, -0.25) is 14.6 Å². The number of aromatic nitrogens is 3. The van der Waals surface area contributed by atoms with Gasteiger partial charge in [-0.25, -0.2) is 13.5 Å². The molecule has 174 valence electrons. The minimum absolute atomic E-state index is 0.159. The number of ether oxygens (including phenoxy) is 2. The summed E-state index contributed by atoms with van der Waals surface area (Å²) in [5.74, 6) is -0.270. The van der Waals surface area contributed by atoms with Crippen LogP contribution in [0.3, 0.4) is 0 Å². The van der Waals surface area contributed by atoms with Gasteiger partial charge in [0.25, 0.3) is 6.43 Å². The lowest BCUT2D eigenvalue weighted by atomic mass is 10.0. The van der Waals surface area contributed by atoms with E-state index in [9.17, 15) is 18.4 Å². The van der Waals surface area contributed by atoms with E-state index in [0.29, 0.717) is 22.2 Å². The Bertz CT molecular complexity index is 1350. The number of Topliss-reactive ketones (excluding diaryl/α,β-unsaturated/α-hetero) is 1. The molecular weight excluding hydrogens is 444 g/mol. The average molecular weight is 465 g/mol. The zero-order chi connectivity index (χ0) is 24.2. The summed E-state index contributed by atoms with van der Waals surface area (Å²) in [6.07, 6.45) is -1.18. The number of halogens is 2. The lowest BCUT2D eigenvalue weighted by molar-refractivity contribution is 0.0826. The summed E-state index contributed by atoms with van der Waals surface area (Å²) in [6.45, 7) is 0.627. The first kappa shape index (κ1) is 23.0. The first-order chi connectivity index (χ1) is 16.3. The molecule has 0 spiro atoms. The van der Waals surface area contributed by atoms with Crippen LogP contribution in [-0.4, -0.2) is 46.0 Å². The number of rotatable bonds is 9. The number of hydrogen-bond acceptors (Lipinski definition) is 6. The normalized spacial score (nSPS) is 11.1. The Morgan fingerprint density at radius 3 is 2.53 bits per heavy atom. The van der Waals surface area contributed by atoms with Gasteiger partial charge < -0.3 is 9.47 Å². The third-order valence-corrected chi connectivity index (χ3v) is 5.16. The van der Waals surface area contributed by atoms with E-state index < -0.39 is 18.8 Å². The van der Waals surface area contributed by atoms with Gasteiger partial charge in [-0.15, -0.1) is 0 Å². The standard InChI is InChI=1S/C25H21F2N3O4/c1-15-23(25(30(2)29-15)34-13-20(31)16-6-4-3-5-7-16)24(32)17-8-9-19-18(12-17)21(10-11-28-19)33-14-22(26)27/h3-12,22H,13-14H2,1-2H3. The van der Waals surface area contributed by atoms with Crippen molar-refractivity contribution in [3.63, 3.8) is 0 Å². The van der Waals surface area contributed by atoms with Crippen molar-refractivity contribution in [1.29, 1.82) is 0 Å². The number of fused-ring (bicyclic) bond motifs is 1. The molecule has 4 rings (SSSR count). The van der Waals surface area contributed by atoms with Crippen LogP contribution in [0, 0.1) is 6.92 Å². The van der Waals surface area contributed by atoms with Crippen molar-refractivity contribution < 1.29 is 27.8 Å². The van der Waals surface area contributed by atoms with Crippen LogP contribution in [0.1, 0.15) is 32.0 Å². The Morgan fingerprint density at radius 2 is 1.79 bits per heavy atom. The number of aryl methyl sites for hydroxylation is 2. The molecule has 0 atom stereocenters. The van der Waals surface area contributed by atoms with E-state index in [0.717, 1.165) is 0 Å². The summed E-state index contributed by atoms with van der Waals surface area (Å²) in [4.78, 5) is 30.1. The molecule has 9 heteroatoms. The number of ketones is 2. The van der Waals surface area contributed by atoms with Gasteiger partial charge >= 0.3 is 0 Å². The lowest BCUT2D eigenvalue weighted by Gasteiger charge is -2.11. The lowest BCUT2D eigenvalue weighted by Crippen LogP contribution is -2.15. The summed E-state index contributed by atoms with van der Waals surface area (Å²) in [5.41, 5.74) is 1.90. The van der Waals surface area contributed by atoms with Gasteiger partial charge in [0, 0.05) is 29.8 Å². The smallest absolute Gasteiger partial charge is 0.272 e. The highest BCUT2D eigenvalue weighted by atomic mass is 19.3. The first-order valence-corrected chi connectivity index (χ1v) is 10.4. The fourth-order valence-corrected chi connectivity index (χ4v) is 3.59. The number of hydrogen-bond donors (Lipinski definition) is 0. The van der Waals surface area contributed by atoms with E-state index in [2.05, 4.69) is 10.1 Å². The molecule has 0 saturated heterocycles. The molecule has 0 fully saturated rings. The van der Waals surface area contributed by atoms with Gasteiger partial charge in [-0.05, 0) is 31.2 Å². The molecule has 0 radical (unpaired) electrons. The maximum Gasteiger partial charge on any atom is 0.272 e. The summed E-state index contributed by atoms with van der Waals surface area (Å²) >= 11 is 0. The largest absolute Gasteiger partial charge is 0.487 e. The predicted octanol–water partition coefficient (Wildman–Crippen LogP) is 4.41. The van der Waals surface area contributed by atoms with Crippen molar-refractivity contribution >= 4 is 22.5 Å². The number of alkyl halides is 2. The molecule has 0 aliphatic heterocycles. The van der Waals surface area contributed by atoms with E-state index in [1.807, 2.05) is 6.07 Å². The number of carbonyl (C=O) groups is 2. The van der Waals surface area contributed by atoms with Crippen LogP contribution < -0.4 is 9.47 Å². The van der Waals surface area contributed by atoms with Crippen molar-refractivity contribution in [2.45, 2.75) is 13.3 Å². The van der Waals surface area contributed by atoms with E-state index in [1.165, 1.54) is 23.0 Å². The Kier molecular flexibility index (Phi) is 6.62. The quantitative estimate of drug-likeness (QED) is 0.341. The van der Waals surface area contributed by atoms with Gasteiger partial charge in [0.05, 0.1) is 11.2 Å². The molecule has 2 aromatic carbocycles. The third-order valence-electron chi connectivity index (χ3n) is 5.16. The van der Waals surface area contributed by atoms with Crippen molar-refractivity contribution in [1.82, 2.24) is 14.8 Å². The van der Waals surface area contributed by atoms with Crippen LogP contribution in [0.15, 0.2) is 60.8 Å². The Morgan fingerprint density at radius 1 is 1.03 bits per heavy atom. The van der Waals surface area contributed by atoms with E-state index in [4.69, 9.17) is 9.47 Å². The monoisotopic (exact) mass is 465 g/mol. The van der Waals surface area contributed by atoms with Crippen molar-refractivity contribution in [3.8, 4) is 11.6 Å². The maximum atomic E-state index is 13.4. The zero-order valence-corrected chi connectivity index (χ0v) is 18.5. The molecule has 34 heavy (non-hydrogen) atoms. The van der Waals surface area contributed by atoms with Crippen LogP contribution in [0.4, 0.5) is 8.78 Å². The second-order valence-electron chi connectivity index (χ2n) is 7.54. The fourth-order valence-electron chi connectivity index (χ4n) is 3.59. The molecule has 0 saturated carbocycles. The van der Waals surface area contributed by atoms with Crippen LogP contribution >= 0.6 is 0 Å². The Labute approximate surface area is 193 Å². The molecule has 4 aromatic rings. The molecule has 2 aromatic heterocycles. The van der Waals surface area contributed by atoms with Crippen molar-refractivity contribution in [3.05, 3.63) is 83.2 Å². The number of benzene rings is 2. The van der Waals surface area contributed by atoms with Gasteiger partial charge in [-0.1, -0.05) is 30.3 Å². The molecule has 0 aliphatic rings. The molecule has 0 unspecified atom stereocenters. The maximum absolute atomic E-state index is 13.4. The summed E-state index contributed by atoms with van der Waals surface area (Å²) in [5, 5.41) is 4.70. The second-order valence-corrected chi connectivity index (χ2v) is 7.54. The minimum atomic E-state index is -2.63. The number of pyridine rings is 1. The van der Waals surface area contributed by atoms with Crippen LogP contribution in [0.25, 0.3) is 10.9 Å². The van der Waals surface area contributed by atoms with Gasteiger partial charge in [0.1, 0.15) is 17.9 Å². The highest BCUT2D eigenvalue weighted by Crippen LogP contribution is 2.29. The second kappa shape index (κ2) is 9.78. The predicted molar refractivity (Wildman–Crippen MR) is 121 cm³/mol. The first-order valence-electron chi connectivity index (χ1n) is 10.4. The van der Waals surface area contributed by atoms with E-state index in [1.54, 1.807) is 50.4 Å². The number of carbonyl (C=O) groups excluding carboxylic acids is 2. The highest BCUT2D eigenvalue weighted by Gasteiger charge is 2.24. The van der Waals surface area contributed by atoms with E-state index in [-0.39, 0.29) is 35.1 Å². The third kappa shape index (κ3) is 4.78. The molecular formula is C25H21F2N3O4. The summed E-state index contributed by atoms with van der Waals surface area (Å²) in [6, 6.07) is 14.9. The Hall–Kier alpha value is -4.14. The minimum Gasteiger partial charge on any atom is -0.487 e. The van der Waals surface area contributed by atoms with Crippen molar-refractivity contribution in [2.75, 3.05) is 13.2 Å². The van der Waals surface area contributed by atoms with Gasteiger partial charge in [-0.2, -0.15) is 5.10 Å². The highest BCUT2D eigenvalue weighted by molar-refractivity contribution is 6.13. The van der Waals surface area contributed by atoms with Crippen LogP contribution in [0.5, 0.6) is 11.6 Å². The van der Waals surface area contributed by atoms with Crippen LogP contribution in [-0.2, 0) is 7.05 Å². The van der Waals surface area contributed by atoms with Crippen molar-refractivity contribution in [2.24, 2.45) is 7.05 Å². The van der Waals surface area contributed by atoms with Gasteiger partial charge in [0.15, 0.2) is 18.2 Å². The molecule has 7 nitrogen and oxygen atoms in total. The topological polar surface area (TPSA) is 83.3 Å². The molecule has 0 N–H and O–H groups in total. The van der Waals surface area contributed by atoms with Gasteiger partial charge in [0.2, 0.25) is 5.88 Å². The van der Waals surface area contributed by atoms with Crippen LogP contribution in [0.2, 0.25) is 0 Å². The average Bonchev–Trinajstić information content (AvgIpc) is 3.13. The molecule has 0 bridgehead atoms. The Balaban J connectivity index is 1.64. The molecule has 2 heterocycles. The summed E-state index contributed by atoms with van der Waals surface area (Å²) in [7, 11) is 1.62. The van der Waals surface area contributed by atoms with E-state index >= 15 is 0 Å². The SMILES string of the molecule is Cc1nn(C)c(OCC(=O)c2ccccc2)c1C(=O)c1ccc2nccc(OCC(F)F)c2c1. The molecule has 0 aliphatic carbocycles. The number of nitrogens with zero attached hydrogens (tertiary/aromatic N) is 3.